The average Bonchev–Trinajstić information content (AvgIpc) is 2.57. The van der Waals surface area contributed by atoms with Gasteiger partial charge < -0.3 is 4.74 Å². The summed E-state index contributed by atoms with van der Waals surface area (Å²) in [7, 11) is 0. The van der Waals surface area contributed by atoms with Crippen molar-refractivity contribution in [1.29, 1.82) is 10.5 Å². The SMILES string of the molecule is Cc1ccc(OCCCC(C#N)c2ccc(C#N)cc2)c(C)c1. The van der Waals surface area contributed by atoms with E-state index in [1.807, 2.05) is 31.2 Å². The molecule has 0 aliphatic carbocycles. The van der Waals surface area contributed by atoms with Crippen molar-refractivity contribution in [3.63, 3.8) is 0 Å². The fourth-order valence-electron chi connectivity index (χ4n) is 2.53. The van der Waals surface area contributed by atoms with Crippen molar-refractivity contribution in [1.82, 2.24) is 0 Å². The molecule has 23 heavy (non-hydrogen) atoms. The maximum Gasteiger partial charge on any atom is 0.122 e. The molecule has 0 aromatic heterocycles. The van der Waals surface area contributed by atoms with Gasteiger partial charge in [-0.2, -0.15) is 10.5 Å². The lowest BCUT2D eigenvalue weighted by Crippen LogP contribution is -2.03. The third-order valence-electron chi connectivity index (χ3n) is 3.82. The number of hydrogen-bond acceptors (Lipinski definition) is 3. The van der Waals surface area contributed by atoms with Crippen LogP contribution in [0.4, 0.5) is 0 Å². The van der Waals surface area contributed by atoms with Crippen LogP contribution in [0.2, 0.25) is 0 Å². The standard InChI is InChI=1S/C20H20N2O/c1-15-5-10-20(16(2)12-15)23-11-3-4-19(14-22)18-8-6-17(13-21)7-9-18/h5-10,12,19H,3-4,11H2,1-2H3. The Kier molecular flexibility index (Phi) is 5.78. The number of aryl methyl sites for hydroxylation is 2. The second kappa shape index (κ2) is 8.01. The molecule has 0 aliphatic rings. The van der Waals surface area contributed by atoms with E-state index in [1.54, 1.807) is 12.1 Å². The maximum absolute atomic E-state index is 9.34. The van der Waals surface area contributed by atoms with Crippen LogP contribution in [0.5, 0.6) is 5.75 Å². The Hall–Kier alpha value is -2.78. The van der Waals surface area contributed by atoms with Crippen LogP contribution in [0, 0.1) is 36.5 Å². The summed E-state index contributed by atoms with van der Waals surface area (Å²) in [6.07, 6.45) is 1.55. The topological polar surface area (TPSA) is 56.8 Å². The fourth-order valence-corrected chi connectivity index (χ4v) is 2.53. The van der Waals surface area contributed by atoms with E-state index in [0.29, 0.717) is 12.2 Å². The predicted molar refractivity (Wildman–Crippen MR) is 90.2 cm³/mol. The highest BCUT2D eigenvalue weighted by Crippen LogP contribution is 2.22. The van der Waals surface area contributed by atoms with Crippen molar-refractivity contribution < 1.29 is 4.74 Å². The molecule has 0 bridgehead atoms. The first-order chi connectivity index (χ1) is 11.1. The molecule has 0 spiro atoms. The molecule has 3 heteroatoms. The van der Waals surface area contributed by atoms with Gasteiger partial charge in [0.25, 0.3) is 0 Å². The van der Waals surface area contributed by atoms with Crippen LogP contribution in [-0.4, -0.2) is 6.61 Å². The first-order valence-electron chi connectivity index (χ1n) is 7.74. The number of ether oxygens (including phenoxy) is 1. The molecule has 0 amide bonds. The zero-order chi connectivity index (χ0) is 16.7. The molecule has 0 aliphatic heterocycles. The van der Waals surface area contributed by atoms with Crippen molar-refractivity contribution in [2.24, 2.45) is 0 Å². The van der Waals surface area contributed by atoms with Gasteiger partial charge in [0.1, 0.15) is 5.75 Å². The summed E-state index contributed by atoms with van der Waals surface area (Å²) in [5, 5.41) is 18.2. The molecule has 116 valence electrons. The first-order valence-corrected chi connectivity index (χ1v) is 7.74. The summed E-state index contributed by atoms with van der Waals surface area (Å²) in [5.41, 5.74) is 3.93. The highest BCUT2D eigenvalue weighted by atomic mass is 16.5. The quantitative estimate of drug-likeness (QED) is 0.730. The summed E-state index contributed by atoms with van der Waals surface area (Å²) >= 11 is 0. The Balaban J connectivity index is 1.86. The van der Waals surface area contributed by atoms with Crippen LogP contribution < -0.4 is 4.74 Å². The van der Waals surface area contributed by atoms with Gasteiger partial charge in [-0.15, -0.1) is 0 Å². The predicted octanol–water partition coefficient (Wildman–Crippen LogP) is 4.64. The second-order valence-electron chi connectivity index (χ2n) is 5.68. The molecule has 2 aromatic rings. The van der Waals surface area contributed by atoms with Crippen molar-refractivity contribution in [3.8, 4) is 17.9 Å². The first kappa shape index (κ1) is 16.6. The van der Waals surface area contributed by atoms with E-state index in [4.69, 9.17) is 10.00 Å². The summed E-state index contributed by atoms with van der Waals surface area (Å²) < 4.78 is 5.81. The monoisotopic (exact) mass is 304 g/mol. The fraction of sp³-hybridized carbons (Fsp3) is 0.300. The molecule has 0 radical (unpaired) electrons. The van der Waals surface area contributed by atoms with Crippen LogP contribution in [0.3, 0.4) is 0 Å². The zero-order valence-corrected chi connectivity index (χ0v) is 13.5. The number of nitriles is 2. The van der Waals surface area contributed by atoms with E-state index in [0.717, 1.165) is 29.7 Å². The van der Waals surface area contributed by atoms with Crippen molar-refractivity contribution in [2.45, 2.75) is 32.6 Å². The molecule has 0 heterocycles. The van der Waals surface area contributed by atoms with Gasteiger partial charge in [0.05, 0.1) is 30.2 Å². The molecule has 0 fully saturated rings. The highest BCUT2D eigenvalue weighted by molar-refractivity contribution is 5.36. The van der Waals surface area contributed by atoms with Crippen molar-refractivity contribution in [2.75, 3.05) is 6.61 Å². The Morgan fingerprint density at radius 1 is 1.04 bits per heavy atom. The lowest BCUT2D eigenvalue weighted by molar-refractivity contribution is 0.303. The van der Waals surface area contributed by atoms with Crippen LogP contribution in [-0.2, 0) is 0 Å². The van der Waals surface area contributed by atoms with Crippen LogP contribution in [0.15, 0.2) is 42.5 Å². The van der Waals surface area contributed by atoms with Crippen LogP contribution in [0.1, 0.15) is 41.0 Å². The smallest absolute Gasteiger partial charge is 0.122 e. The van der Waals surface area contributed by atoms with E-state index < -0.39 is 0 Å². The molecular weight excluding hydrogens is 284 g/mol. The number of rotatable bonds is 6. The third-order valence-corrected chi connectivity index (χ3v) is 3.82. The van der Waals surface area contributed by atoms with E-state index >= 15 is 0 Å². The highest BCUT2D eigenvalue weighted by Gasteiger charge is 2.10. The summed E-state index contributed by atoms with van der Waals surface area (Å²) in [6, 6.07) is 17.8. The second-order valence-corrected chi connectivity index (χ2v) is 5.68. The van der Waals surface area contributed by atoms with Gasteiger partial charge >= 0.3 is 0 Å². The minimum absolute atomic E-state index is 0.162. The molecule has 0 N–H and O–H groups in total. The Bertz CT molecular complexity index is 736. The van der Waals surface area contributed by atoms with Gasteiger partial charge in [-0.3, -0.25) is 0 Å². The van der Waals surface area contributed by atoms with E-state index in [9.17, 15) is 5.26 Å². The number of hydrogen-bond donors (Lipinski definition) is 0. The molecule has 3 nitrogen and oxygen atoms in total. The third kappa shape index (κ3) is 4.59. The van der Waals surface area contributed by atoms with E-state index in [-0.39, 0.29) is 5.92 Å². The molecule has 2 rings (SSSR count). The number of nitrogens with zero attached hydrogens (tertiary/aromatic N) is 2. The van der Waals surface area contributed by atoms with Gasteiger partial charge in [0.15, 0.2) is 0 Å². The zero-order valence-electron chi connectivity index (χ0n) is 13.5. The van der Waals surface area contributed by atoms with Crippen LogP contribution >= 0.6 is 0 Å². The molecule has 1 atom stereocenters. The number of benzene rings is 2. The van der Waals surface area contributed by atoms with Crippen LogP contribution in [0.25, 0.3) is 0 Å². The molecule has 1 unspecified atom stereocenters. The summed E-state index contributed by atoms with van der Waals surface area (Å²) in [4.78, 5) is 0. The summed E-state index contributed by atoms with van der Waals surface area (Å²) in [6.45, 7) is 4.70. The maximum atomic E-state index is 9.34. The van der Waals surface area contributed by atoms with Gasteiger partial charge in [0, 0.05) is 0 Å². The van der Waals surface area contributed by atoms with E-state index in [2.05, 4.69) is 25.1 Å². The minimum Gasteiger partial charge on any atom is -0.493 e. The molecule has 0 saturated carbocycles. The molecule has 2 aromatic carbocycles. The summed E-state index contributed by atoms with van der Waals surface area (Å²) in [5.74, 6) is 0.743. The van der Waals surface area contributed by atoms with Gasteiger partial charge in [-0.1, -0.05) is 29.8 Å². The normalized spacial score (nSPS) is 11.3. The Labute approximate surface area is 137 Å². The van der Waals surface area contributed by atoms with Crippen molar-refractivity contribution >= 4 is 0 Å². The van der Waals surface area contributed by atoms with Crippen molar-refractivity contribution in [3.05, 3.63) is 64.7 Å². The van der Waals surface area contributed by atoms with Gasteiger partial charge in [0.2, 0.25) is 0 Å². The average molecular weight is 304 g/mol. The Morgan fingerprint density at radius 3 is 2.39 bits per heavy atom. The van der Waals surface area contributed by atoms with Gasteiger partial charge in [-0.25, -0.2) is 0 Å². The largest absolute Gasteiger partial charge is 0.493 e. The van der Waals surface area contributed by atoms with E-state index in [1.165, 1.54) is 5.56 Å². The Morgan fingerprint density at radius 2 is 1.78 bits per heavy atom. The lowest BCUT2D eigenvalue weighted by Gasteiger charge is -2.12. The molecule has 0 saturated heterocycles. The lowest BCUT2D eigenvalue weighted by atomic mass is 9.95. The molecular formula is C20H20N2O. The minimum atomic E-state index is -0.162. The van der Waals surface area contributed by atoms with Gasteiger partial charge in [-0.05, 0) is 56.0 Å².